The third-order valence-electron chi connectivity index (χ3n) is 5.02. The monoisotopic (exact) mass is 408 g/mol. The Morgan fingerprint density at radius 3 is 2.70 bits per heavy atom. The number of nitrogens with one attached hydrogen (secondary N) is 1. The van der Waals surface area contributed by atoms with E-state index >= 15 is 0 Å². The minimum Gasteiger partial charge on any atom is -0.493 e. The van der Waals surface area contributed by atoms with Crippen LogP contribution in [0.25, 0.3) is 6.08 Å². The van der Waals surface area contributed by atoms with Gasteiger partial charge in [0.05, 0.1) is 25.8 Å². The van der Waals surface area contributed by atoms with Crippen LogP contribution in [0.15, 0.2) is 46.6 Å². The number of furan rings is 1. The minimum absolute atomic E-state index is 0.0597. The second-order valence-electron chi connectivity index (χ2n) is 7.10. The van der Waals surface area contributed by atoms with E-state index in [2.05, 4.69) is 5.32 Å². The third kappa shape index (κ3) is 5.51. The van der Waals surface area contributed by atoms with Crippen molar-refractivity contribution in [2.24, 2.45) is 5.92 Å². The highest BCUT2D eigenvalue weighted by atomic mass is 16.6. The molecule has 0 radical (unpaired) electrons. The zero-order chi connectivity index (χ0) is 21.3. The van der Waals surface area contributed by atoms with Crippen LogP contribution in [0, 0.1) is 17.2 Å². The lowest BCUT2D eigenvalue weighted by Crippen LogP contribution is -2.23. The third-order valence-corrected chi connectivity index (χ3v) is 5.02. The van der Waals surface area contributed by atoms with Crippen molar-refractivity contribution in [2.75, 3.05) is 7.11 Å². The molecule has 0 spiro atoms. The largest absolute Gasteiger partial charge is 0.493 e. The second-order valence-corrected chi connectivity index (χ2v) is 7.10. The number of esters is 1. The number of hydrogen-bond acceptors (Lipinski definition) is 6. The zero-order valence-electron chi connectivity index (χ0n) is 16.8. The van der Waals surface area contributed by atoms with Crippen molar-refractivity contribution in [1.29, 1.82) is 5.26 Å². The summed E-state index contributed by atoms with van der Waals surface area (Å²) in [4.78, 5) is 24.7. The van der Waals surface area contributed by atoms with E-state index in [9.17, 15) is 14.9 Å². The Morgan fingerprint density at radius 2 is 2.03 bits per heavy atom. The van der Waals surface area contributed by atoms with E-state index in [0.717, 1.165) is 32.1 Å². The lowest BCUT2D eigenvalue weighted by molar-refractivity contribution is -0.140. The van der Waals surface area contributed by atoms with Crippen LogP contribution in [0.4, 0.5) is 0 Å². The number of nitrogens with zero attached hydrogens (tertiary/aromatic N) is 1. The van der Waals surface area contributed by atoms with Gasteiger partial charge in [-0.25, -0.2) is 0 Å². The number of nitriles is 1. The van der Waals surface area contributed by atoms with E-state index < -0.39 is 5.91 Å². The van der Waals surface area contributed by atoms with Gasteiger partial charge in [-0.1, -0.05) is 25.3 Å². The molecule has 0 atom stereocenters. The molecule has 1 amide bonds. The molecule has 1 aliphatic carbocycles. The van der Waals surface area contributed by atoms with Crippen molar-refractivity contribution < 1.29 is 23.5 Å². The molecule has 1 aromatic carbocycles. The molecule has 7 heteroatoms. The van der Waals surface area contributed by atoms with Crippen molar-refractivity contribution in [3.8, 4) is 17.6 Å². The van der Waals surface area contributed by atoms with Crippen molar-refractivity contribution in [3.63, 3.8) is 0 Å². The molecule has 0 saturated heterocycles. The molecular formula is C23H24N2O5. The first kappa shape index (κ1) is 21.2. The molecule has 3 rings (SSSR count). The number of ether oxygens (including phenoxy) is 2. The minimum atomic E-state index is -0.513. The Hall–Kier alpha value is -3.53. The normalized spacial score (nSPS) is 14.6. The fourth-order valence-electron chi connectivity index (χ4n) is 3.38. The SMILES string of the molecule is COc1cc(/C=C(\C#N)C(=O)NCc2ccco2)ccc1OC(=O)C1CCCCC1. The van der Waals surface area contributed by atoms with Crippen LogP contribution >= 0.6 is 0 Å². The first-order chi connectivity index (χ1) is 14.6. The summed E-state index contributed by atoms with van der Waals surface area (Å²) in [6.07, 6.45) is 7.90. The number of methoxy groups -OCH3 is 1. The highest BCUT2D eigenvalue weighted by molar-refractivity contribution is 6.01. The van der Waals surface area contributed by atoms with E-state index in [4.69, 9.17) is 13.9 Å². The number of carbonyl (C=O) groups excluding carboxylic acids is 2. The summed E-state index contributed by atoms with van der Waals surface area (Å²) in [5, 5.41) is 12.0. The molecule has 30 heavy (non-hydrogen) atoms. The molecule has 1 heterocycles. The first-order valence-corrected chi connectivity index (χ1v) is 9.93. The van der Waals surface area contributed by atoms with Gasteiger partial charge in [0.25, 0.3) is 5.91 Å². The summed E-state index contributed by atoms with van der Waals surface area (Å²) in [6.45, 7) is 0.185. The average molecular weight is 408 g/mol. The van der Waals surface area contributed by atoms with Gasteiger partial charge in [-0.15, -0.1) is 0 Å². The van der Waals surface area contributed by atoms with Crippen LogP contribution in [0.2, 0.25) is 0 Å². The number of amides is 1. The smallest absolute Gasteiger partial charge is 0.314 e. The Kier molecular flexibility index (Phi) is 7.28. The van der Waals surface area contributed by atoms with Crippen LogP contribution in [0.5, 0.6) is 11.5 Å². The fraction of sp³-hybridized carbons (Fsp3) is 0.348. The van der Waals surface area contributed by atoms with Crippen LogP contribution < -0.4 is 14.8 Å². The van der Waals surface area contributed by atoms with Crippen LogP contribution in [0.3, 0.4) is 0 Å². The van der Waals surface area contributed by atoms with Crippen molar-refractivity contribution in [2.45, 2.75) is 38.6 Å². The van der Waals surface area contributed by atoms with E-state index in [1.54, 1.807) is 30.3 Å². The summed E-state index contributed by atoms with van der Waals surface area (Å²) in [5.74, 6) is 0.441. The average Bonchev–Trinajstić information content (AvgIpc) is 3.31. The van der Waals surface area contributed by atoms with Gasteiger partial charge < -0.3 is 19.2 Å². The standard InChI is InChI=1S/C23H24N2O5/c1-28-21-13-16(9-10-20(21)30-23(27)17-6-3-2-4-7-17)12-18(14-24)22(26)25-15-19-8-5-11-29-19/h5,8-13,17H,2-4,6-7,15H2,1H3,(H,25,26)/b18-12+. The lowest BCUT2D eigenvalue weighted by Gasteiger charge is -2.20. The molecule has 2 aromatic rings. The lowest BCUT2D eigenvalue weighted by atomic mass is 9.89. The molecule has 0 aliphatic heterocycles. The van der Waals surface area contributed by atoms with E-state index in [1.165, 1.54) is 19.4 Å². The molecule has 1 aliphatic rings. The maximum absolute atomic E-state index is 12.4. The Balaban J connectivity index is 1.69. The van der Waals surface area contributed by atoms with Crippen molar-refractivity contribution >= 4 is 18.0 Å². The van der Waals surface area contributed by atoms with Gasteiger partial charge in [0, 0.05) is 0 Å². The molecular weight excluding hydrogens is 384 g/mol. The van der Waals surface area contributed by atoms with Gasteiger partial charge in [-0.05, 0) is 48.7 Å². The van der Waals surface area contributed by atoms with Gasteiger partial charge in [0.2, 0.25) is 0 Å². The van der Waals surface area contributed by atoms with Crippen molar-refractivity contribution in [3.05, 3.63) is 53.5 Å². The molecule has 1 N–H and O–H groups in total. The molecule has 156 valence electrons. The summed E-state index contributed by atoms with van der Waals surface area (Å²) in [6, 6.07) is 10.3. The number of hydrogen-bond donors (Lipinski definition) is 1. The fourth-order valence-corrected chi connectivity index (χ4v) is 3.38. The molecule has 1 fully saturated rings. The molecule has 0 unspecified atom stereocenters. The molecule has 1 saturated carbocycles. The summed E-state index contributed by atoms with van der Waals surface area (Å²) in [7, 11) is 1.47. The maximum atomic E-state index is 12.4. The maximum Gasteiger partial charge on any atom is 0.314 e. The zero-order valence-corrected chi connectivity index (χ0v) is 16.8. The highest BCUT2D eigenvalue weighted by Crippen LogP contribution is 2.31. The first-order valence-electron chi connectivity index (χ1n) is 9.93. The van der Waals surface area contributed by atoms with E-state index in [1.807, 2.05) is 6.07 Å². The summed E-state index contributed by atoms with van der Waals surface area (Å²) >= 11 is 0. The van der Waals surface area contributed by atoms with Crippen LogP contribution in [0.1, 0.15) is 43.4 Å². The molecule has 7 nitrogen and oxygen atoms in total. The molecule has 0 bridgehead atoms. The van der Waals surface area contributed by atoms with Gasteiger partial charge in [0.1, 0.15) is 17.4 Å². The second kappa shape index (κ2) is 10.3. The van der Waals surface area contributed by atoms with Gasteiger partial charge in [0.15, 0.2) is 11.5 Å². The predicted octanol–water partition coefficient (Wildman–Crippen LogP) is 4.00. The predicted molar refractivity (Wildman–Crippen MR) is 109 cm³/mol. The summed E-state index contributed by atoms with van der Waals surface area (Å²) in [5.41, 5.74) is 0.518. The van der Waals surface area contributed by atoms with Crippen molar-refractivity contribution in [1.82, 2.24) is 5.32 Å². The van der Waals surface area contributed by atoms with Crippen LogP contribution in [-0.4, -0.2) is 19.0 Å². The van der Waals surface area contributed by atoms with Gasteiger partial charge in [-0.3, -0.25) is 9.59 Å². The van der Waals surface area contributed by atoms with Gasteiger partial charge in [-0.2, -0.15) is 5.26 Å². The quantitative estimate of drug-likeness (QED) is 0.322. The topological polar surface area (TPSA) is 102 Å². The van der Waals surface area contributed by atoms with E-state index in [0.29, 0.717) is 22.8 Å². The summed E-state index contributed by atoms with van der Waals surface area (Å²) < 4.78 is 16.1. The van der Waals surface area contributed by atoms with Crippen LogP contribution in [-0.2, 0) is 16.1 Å². The van der Waals surface area contributed by atoms with Gasteiger partial charge >= 0.3 is 5.97 Å². The Bertz CT molecular complexity index is 950. The number of carbonyl (C=O) groups is 2. The Morgan fingerprint density at radius 1 is 1.23 bits per heavy atom. The number of rotatable bonds is 7. The Labute approximate surface area is 175 Å². The van der Waals surface area contributed by atoms with E-state index in [-0.39, 0.29) is 24.0 Å². The number of benzene rings is 1. The highest BCUT2D eigenvalue weighted by Gasteiger charge is 2.24. The molecule has 1 aromatic heterocycles.